The number of fused-ring (bicyclic) bond motifs is 1. The second-order valence-corrected chi connectivity index (χ2v) is 6.14. The maximum atomic E-state index is 14.0. The van der Waals surface area contributed by atoms with Crippen LogP contribution in [0, 0.1) is 17.8 Å². The molecule has 3 aliphatic carbocycles. The average molecular weight is 258 g/mol. The monoisotopic (exact) mass is 258 g/mol. The van der Waals surface area contributed by atoms with E-state index in [1.54, 1.807) is 0 Å². The summed E-state index contributed by atoms with van der Waals surface area (Å²) in [6, 6.07) is 0. The van der Waals surface area contributed by atoms with E-state index >= 15 is 0 Å². The molecule has 0 radical (unpaired) electrons. The standard InChI is InChI=1S/C14H20F2O2/c15-14(16)8-7-9-3-1-2-4-11(9)12(14)18-13(17)10-5-6-10/h9-12H,1-8H2. The van der Waals surface area contributed by atoms with E-state index in [0.29, 0.717) is 12.3 Å². The van der Waals surface area contributed by atoms with Crippen LogP contribution in [-0.4, -0.2) is 18.0 Å². The molecule has 0 heterocycles. The van der Waals surface area contributed by atoms with E-state index in [2.05, 4.69) is 0 Å². The molecular formula is C14H20F2O2. The number of rotatable bonds is 2. The van der Waals surface area contributed by atoms with Crippen LogP contribution in [0.25, 0.3) is 0 Å². The largest absolute Gasteiger partial charge is 0.455 e. The molecule has 0 saturated heterocycles. The molecule has 3 unspecified atom stereocenters. The third-order valence-electron chi connectivity index (χ3n) is 4.78. The zero-order valence-electron chi connectivity index (χ0n) is 10.5. The Balaban J connectivity index is 1.74. The van der Waals surface area contributed by atoms with Crippen molar-refractivity contribution in [2.75, 3.05) is 0 Å². The normalized spacial score (nSPS) is 38.9. The van der Waals surface area contributed by atoms with Crippen molar-refractivity contribution in [2.24, 2.45) is 17.8 Å². The molecule has 102 valence electrons. The topological polar surface area (TPSA) is 26.3 Å². The quantitative estimate of drug-likeness (QED) is 0.708. The molecule has 0 amide bonds. The Morgan fingerprint density at radius 1 is 1.06 bits per heavy atom. The molecule has 3 fully saturated rings. The summed E-state index contributed by atoms with van der Waals surface area (Å²) in [5, 5.41) is 0. The minimum absolute atomic E-state index is 0.0928. The van der Waals surface area contributed by atoms with Crippen LogP contribution >= 0.6 is 0 Å². The molecule has 0 N–H and O–H groups in total. The van der Waals surface area contributed by atoms with Crippen molar-refractivity contribution in [3.8, 4) is 0 Å². The molecule has 3 rings (SSSR count). The summed E-state index contributed by atoms with van der Waals surface area (Å²) in [7, 11) is 0. The van der Waals surface area contributed by atoms with Gasteiger partial charge in [-0.1, -0.05) is 19.3 Å². The lowest BCUT2D eigenvalue weighted by Gasteiger charge is -2.44. The first-order valence-electron chi connectivity index (χ1n) is 7.16. The molecule has 3 saturated carbocycles. The Bertz CT molecular complexity index is 339. The van der Waals surface area contributed by atoms with E-state index in [-0.39, 0.29) is 24.2 Å². The number of alkyl halides is 2. The van der Waals surface area contributed by atoms with Gasteiger partial charge in [-0.05, 0) is 31.6 Å². The molecule has 2 nitrogen and oxygen atoms in total. The molecule has 4 heteroatoms. The van der Waals surface area contributed by atoms with Crippen molar-refractivity contribution in [3.05, 3.63) is 0 Å². The Morgan fingerprint density at radius 2 is 1.78 bits per heavy atom. The van der Waals surface area contributed by atoms with Gasteiger partial charge in [0, 0.05) is 12.3 Å². The van der Waals surface area contributed by atoms with Crippen molar-refractivity contribution < 1.29 is 18.3 Å². The lowest BCUT2D eigenvalue weighted by molar-refractivity contribution is -0.206. The first-order valence-corrected chi connectivity index (χ1v) is 7.16. The SMILES string of the molecule is O=C(OC1C2CCCCC2CCC1(F)F)C1CC1. The van der Waals surface area contributed by atoms with Gasteiger partial charge in [0.15, 0.2) is 6.10 Å². The van der Waals surface area contributed by atoms with Gasteiger partial charge < -0.3 is 4.74 Å². The molecule has 0 aromatic rings. The third kappa shape index (κ3) is 2.26. The summed E-state index contributed by atoms with van der Waals surface area (Å²) < 4.78 is 33.2. The van der Waals surface area contributed by atoms with Crippen molar-refractivity contribution in [1.29, 1.82) is 0 Å². The fraction of sp³-hybridized carbons (Fsp3) is 0.929. The highest BCUT2D eigenvalue weighted by Gasteiger charge is 2.54. The number of carbonyl (C=O) groups is 1. The predicted octanol–water partition coefficient (Wildman–Crippen LogP) is 3.54. The molecule has 0 aromatic heterocycles. The molecule has 0 bridgehead atoms. The highest BCUT2D eigenvalue weighted by Crippen LogP contribution is 2.48. The van der Waals surface area contributed by atoms with E-state index < -0.39 is 12.0 Å². The van der Waals surface area contributed by atoms with Crippen molar-refractivity contribution in [2.45, 2.75) is 63.4 Å². The molecule has 0 spiro atoms. The number of carbonyl (C=O) groups excluding carboxylic acids is 1. The summed E-state index contributed by atoms with van der Waals surface area (Å²) in [6.45, 7) is 0. The first-order chi connectivity index (χ1) is 8.58. The van der Waals surface area contributed by atoms with Crippen LogP contribution in [0.5, 0.6) is 0 Å². The van der Waals surface area contributed by atoms with Crippen LogP contribution in [-0.2, 0) is 9.53 Å². The molecule has 0 aromatic carbocycles. The summed E-state index contributed by atoms with van der Waals surface area (Å²) in [5.74, 6) is -3.06. The number of hydrogen-bond acceptors (Lipinski definition) is 2. The van der Waals surface area contributed by atoms with E-state index in [0.717, 1.165) is 38.5 Å². The van der Waals surface area contributed by atoms with Crippen molar-refractivity contribution in [1.82, 2.24) is 0 Å². The average Bonchev–Trinajstić information content (AvgIpc) is 3.17. The van der Waals surface area contributed by atoms with Gasteiger partial charge in [0.1, 0.15) is 0 Å². The highest BCUT2D eigenvalue weighted by molar-refractivity contribution is 5.75. The van der Waals surface area contributed by atoms with Crippen LogP contribution in [0.3, 0.4) is 0 Å². The third-order valence-corrected chi connectivity index (χ3v) is 4.78. The summed E-state index contributed by atoms with van der Waals surface area (Å²) >= 11 is 0. The summed E-state index contributed by atoms with van der Waals surface area (Å²) in [6.07, 6.45) is 4.90. The molecule has 0 aliphatic heterocycles. The maximum absolute atomic E-state index is 14.0. The van der Waals surface area contributed by atoms with Gasteiger partial charge >= 0.3 is 5.97 Å². The van der Waals surface area contributed by atoms with Gasteiger partial charge in [0.2, 0.25) is 0 Å². The number of ether oxygens (including phenoxy) is 1. The smallest absolute Gasteiger partial charge is 0.309 e. The number of hydrogen-bond donors (Lipinski definition) is 0. The predicted molar refractivity (Wildman–Crippen MR) is 62.2 cm³/mol. The highest BCUT2D eigenvalue weighted by atomic mass is 19.3. The van der Waals surface area contributed by atoms with Crippen LogP contribution < -0.4 is 0 Å². The zero-order valence-corrected chi connectivity index (χ0v) is 10.5. The van der Waals surface area contributed by atoms with Crippen LogP contribution in [0.1, 0.15) is 51.4 Å². The van der Waals surface area contributed by atoms with Crippen LogP contribution in [0.15, 0.2) is 0 Å². The van der Waals surface area contributed by atoms with Gasteiger partial charge in [-0.25, -0.2) is 8.78 Å². The van der Waals surface area contributed by atoms with Gasteiger partial charge in [-0.15, -0.1) is 0 Å². The lowest BCUT2D eigenvalue weighted by Crippen LogP contribution is -2.50. The zero-order chi connectivity index (χ0) is 12.8. The van der Waals surface area contributed by atoms with E-state index in [1.165, 1.54) is 0 Å². The van der Waals surface area contributed by atoms with E-state index in [1.807, 2.05) is 0 Å². The summed E-state index contributed by atoms with van der Waals surface area (Å²) in [4.78, 5) is 11.7. The Labute approximate surface area is 106 Å². The van der Waals surface area contributed by atoms with Gasteiger partial charge in [-0.2, -0.15) is 0 Å². The second kappa shape index (κ2) is 4.46. The maximum Gasteiger partial charge on any atom is 0.309 e. The van der Waals surface area contributed by atoms with Gasteiger partial charge in [0.05, 0.1) is 5.92 Å². The van der Waals surface area contributed by atoms with Gasteiger partial charge in [-0.3, -0.25) is 4.79 Å². The second-order valence-electron chi connectivity index (χ2n) is 6.14. The van der Waals surface area contributed by atoms with Crippen LogP contribution in [0.2, 0.25) is 0 Å². The molecule has 3 atom stereocenters. The van der Waals surface area contributed by atoms with E-state index in [9.17, 15) is 13.6 Å². The van der Waals surface area contributed by atoms with Crippen molar-refractivity contribution in [3.63, 3.8) is 0 Å². The minimum Gasteiger partial charge on any atom is -0.455 e. The fourth-order valence-corrected chi connectivity index (χ4v) is 3.54. The minimum atomic E-state index is -2.82. The molecular weight excluding hydrogens is 238 g/mol. The first kappa shape index (κ1) is 12.4. The van der Waals surface area contributed by atoms with Crippen LogP contribution in [0.4, 0.5) is 8.78 Å². The number of halogens is 2. The Morgan fingerprint density at radius 3 is 2.50 bits per heavy atom. The van der Waals surface area contributed by atoms with Gasteiger partial charge in [0.25, 0.3) is 5.92 Å². The molecule has 18 heavy (non-hydrogen) atoms. The molecule has 3 aliphatic rings. The Kier molecular flexibility index (Phi) is 3.07. The Hall–Kier alpha value is -0.670. The summed E-state index contributed by atoms with van der Waals surface area (Å²) in [5.41, 5.74) is 0. The van der Waals surface area contributed by atoms with Crippen molar-refractivity contribution >= 4 is 5.97 Å². The fourth-order valence-electron chi connectivity index (χ4n) is 3.54. The van der Waals surface area contributed by atoms with E-state index in [4.69, 9.17) is 4.74 Å². The number of esters is 1. The lowest BCUT2D eigenvalue weighted by atomic mass is 9.68.